The van der Waals surface area contributed by atoms with Crippen molar-refractivity contribution in [3.63, 3.8) is 0 Å². The standard InChI is InChI=1S/C17H23N3O2/c1-13-7-9-19(10-8-13)17(22)18-14-11-16(21)20(12-14)15-5-3-2-4-6-15/h2-6,13-14H,7-12H2,1H3,(H,18,22)/t14-/m1/s1. The second-order valence-corrected chi connectivity index (χ2v) is 6.36. The molecule has 118 valence electrons. The van der Waals surface area contributed by atoms with E-state index < -0.39 is 0 Å². The second kappa shape index (κ2) is 6.38. The van der Waals surface area contributed by atoms with Crippen LogP contribution in [0.25, 0.3) is 0 Å². The quantitative estimate of drug-likeness (QED) is 0.911. The van der Waals surface area contributed by atoms with Gasteiger partial charge in [0.1, 0.15) is 0 Å². The monoisotopic (exact) mass is 301 g/mol. The lowest BCUT2D eigenvalue weighted by molar-refractivity contribution is -0.117. The summed E-state index contributed by atoms with van der Waals surface area (Å²) in [4.78, 5) is 28.1. The predicted octanol–water partition coefficient (Wildman–Crippen LogP) is 2.23. The molecule has 0 radical (unpaired) electrons. The Bertz CT molecular complexity index is 538. The van der Waals surface area contributed by atoms with E-state index in [-0.39, 0.29) is 18.0 Å². The lowest BCUT2D eigenvalue weighted by Crippen LogP contribution is -2.48. The van der Waals surface area contributed by atoms with Crippen LogP contribution in [-0.4, -0.2) is 42.5 Å². The van der Waals surface area contributed by atoms with E-state index in [4.69, 9.17) is 0 Å². The summed E-state index contributed by atoms with van der Waals surface area (Å²) < 4.78 is 0. The number of hydrogen-bond donors (Lipinski definition) is 1. The first-order valence-corrected chi connectivity index (χ1v) is 8.04. The molecule has 2 saturated heterocycles. The van der Waals surface area contributed by atoms with Crippen LogP contribution in [0.5, 0.6) is 0 Å². The molecule has 0 bridgehead atoms. The highest BCUT2D eigenvalue weighted by Crippen LogP contribution is 2.21. The van der Waals surface area contributed by atoms with Crippen LogP contribution in [0.2, 0.25) is 0 Å². The van der Waals surface area contributed by atoms with Gasteiger partial charge in [-0.05, 0) is 30.9 Å². The van der Waals surface area contributed by atoms with Crippen LogP contribution in [0.4, 0.5) is 10.5 Å². The molecular formula is C17H23N3O2. The molecular weight excluding hydrogens is 278 g/mol. The van der Waals surface area contributed by atoms with Crippen molar-refractivity contribution in [2.75, 3.05) is 24.5 Å². The summed E-state index contributed by atoms with van der Waals surface area (Å²) in [6.45, 7) is 4.41. The van der Waals surface area contributed by atoms with E-state index in [0.717, 1.165) is 31.6 Å². The van der Waals surface area contributed by atoms with E-state index in [2.05, 4.69) is 12.2 Å². The Morgan fingerprint density at radius 1 is 1.18 bits per heavy atom. The number of carbonyl (C=O) groups excluding carboxylic acids is 2. The van der Waals surface area contributed by atoms with Crippen molar-refractivity contribution < 1.29 is 9.59 Å². The summed E-state index contributed by atoms with van der Waals surface area (Å²) in [6.07, 6.45) is 2.51. The number of nitrogens with zero attached hydrogens (tertiary/aromatic N) is 2. The van der Waals surface area contributed by atoms with Crippen molar-refractivity contribution in [2.24, 2.45) is 5.92 Å². The van der Waals surface area contributed by atoms with Gasteiger partial charge in [0.05, 0.1) is 6.04 Å². The van der Waals surface area contributed by atoms with Crippen LogP contribution in [0, 0.1) is 5.92 Å². The van der Waals surface area contributed by atoms with Gasteiger partial charge in [0, 0.05) is 31.7 Å². The average Bonchev–Trinajstić information content (AvgIpc) is 2.89. The molecule has 0 aromatic heterocycles. The van der Waals surface area contributed by atoms with Gasteiger partial charge in [-0.2, -0.15) is 0 Å². The number of para-hydroxylation sites is 1. The number of hydrogen-bond acceptors (Lipinski definition) is 2. The molecule has 1 atom stereocenters. The van der Waals surface area contributed by atoms with Crippen molar-refractivity contribution in [2.45, 2.75) is 32.2 Å². The third kappa shape index (κ3) is 3.24. The van der Waals surface area contributed by atoms with Crippen LogP contribution in [0.15, 0.2) is 30.3 Å². The largest absolute Gasteiger partial charge is 0.333 e. The van der Waals surface area contributed by atoms with Crippen LogP contribution in [-0.2, 0) is 4.79 Å². The first kappa shape index (κ1) is 14.9. The normalized spacial score (nSPS) is 23.0. The molecule has 2 aliphatic rings. The molecule has 2 aliphatic heterocycles. The van der Waals surface area contributed by atoms with Gasteiger partial charge in [0.2, 0.25) is 5.91 Å². The summed E-state index contributed by atoms with van der Waals surface area (Å²) >= 11 is 0. The Hall–Kier alpha value is -2.04. The second-order valence-electron chi connectivity index (χ2n) is 6.36. The van der Waals surface area contributed by atoms with E-state index in [1.54, 1.807) is 4.90 Å². The van der Waals surface area contributed by atoms with Gasteiger partial charge in [0.25, 0.3) is 0 Å². The summed E-state index contributed by atoms with van der Waals surface area (Å²) in [5.41, 5.74) is 0.899. The Kier molecular flexibility index (Phi) is 4.32. The van der Waals surface area contributed by atoms with Gasteiger partial charge in [-0.1, -0.05) is 25.1 Å². The van der Waals surface area contributed by atoms with Crippen LogP contribution in [0.3, 0.4) is 0 Å². The average molecular weight is 301 g/mol. The fraction of sp³-hybridized carbons (Fsp3) is 0.529. The molecule has 5 nitrogen and oxygen atoms in total. The smallest absolute Gasteiger partial charge is 0.317 e. The molecule has 2 heterocycles. The zero-order valence-corrected chi connectivity index (χ0v) is 13.0. The Morgan fingerprint density at radius 2 is 1.86 bits per heavy atom. The highest BCUT2D eigenvalue weighted by molar-refractivity contribution is 5.96. The lowest BCUT2D eigenvalue weighted by atomic mass is 10.00. The number of piperidine rings is 1. The maximum absolute atomic E-state index is 12.3. The molecule has 1 aromatic carbocycles. The van der Waals surface area contributed by atoms with Crippen LogP contribution < -0.4 is 10.2 Å². The Labute approximate surface area is 131 Å². The van der Waals surface area contributed by atoms with Crippen LogP contribution >= 0.6 is 0 Å². The van der Waals surface area contributed by atoms with Crippen molar-refractivity contribution in [3.05, 3.63) is 30.3 Å². The maximum atomic E-state index is 12.3. The number of nitrogens with one attached hydrogen (secondary N) is 1. The number of rotatable bonds is 2. The summed E-state index contributed by atoms with van der Waals surface area (Å²) in [5.74, 6) is 0.773. The number of benzene rings is 1. The minimum atomic E-state index is -0.0976. The molecule has 1 N–H and O–H groups in total. The molecule has 22 heavy (non-hydrogen) atoms. The van der Waals surface area contributed by atoms with E-state index in [1.165, 1.54) is 0 Å². The molecule has 1 aromatic rings. The number of amides is 3. The summed E-state index contributed by atoms with van der Waals surface area (Å²) in [6, 6.07) is 9.50. The molecule has 3 amide bonds. The molecule has 0 unspecified atom stereocenters. The Balaban J connectivity index is 1.56. The third-order valence-corrected chi connectivity index (χ3v) is 4.59. The van der Waals surface area contributed by atoms with E-state index in [1.807, 2.05) is 35.2 Å². The van der Waals surface area contributed by atoms with Gasteiger partial charge in [-0.15, -0.1) is 0 Å². The van der Waals surface area contributed by atoms with E-state index in [9.17, 15) is 9.59 Å². The first-order chi connectivity index (χ1) is 10.6. The fourth-order valence-corrected chi connectivity index (χ4v) is 3.14. The molecule has 5 heteroatoms. The van der Waals surface area contributed by atoms with Gasteiger partial charge in [-0.25, -0.2) is 4.79 Å². The minimum Gasteiger partial charge on any atom is -0.333 e. The molecule has 0 saturated carbocycles. The van der Waals surface area contributed by atoms with Gasteiger partial charge >= 0.3 is 6.03 Å². The number of urea groups is 1. The van der Waals surface area contributed by atoms with Crippen molar-refractivity contribution in [1.29, 1.82) is 0 Å². The van der Waals surface area contributed by atoms with E-state index >= 15 is 0 Å². The van der Waals surface area contributed by atoms with Gasteiger partial charge in [0.15, 0.2) is 0 Å². The topological polar surface area (TPSA) is 52.7 Å². The maximum Gasteiger partial charge on any atom is 0.317 e. The number of anilines is 1. The fourth-order valence-electron chi connectivity index (χ4n) is 3.14. The Morgan fingerprint density at radius 3 is 2.55 bits per heavy atom. The zero-order chi connectivity index (χ0) is 15.5. The highest BCUT2D eigenvalue weighted by Gasteiger charge is 2.32. The SMILES string of the molecule is CC1CCN(C(=O)N[C@@H]2CC(=O)N(c3ccccc3)C2)CC1. The molecule has 0 aliphatic carbocycles. The van der Waals surface area contributed by atoms with Crippen molar-refractivity contribution >= 4 is 17.6 Å². The van der Waals surface area contributed by atoms with Crippen molar-refractivity contribution in [3.8, 4) is 0 Å². The number of likely N-dealkylation sites (tertiary alicyclic amines) is 1. The number of carbonyl (C=O) groups is 2. The van der Waals surface area contributed by atoms with Gasteiger partial charge in [-0.3, -0.25) is 4.79 Å². The molecule has 3 rings (SSSR count). The lowest BCUT2D eigenvalue weighted by Gasteiger charge is -2.31. The third-order valence-electron chi connectivity index (χ3n) is 4.59. The van der Waals surface area contributed by atoms with Gasteiger partial charge < -0.3 is 15.1 Å². The van der Waals surface area contributed by atoms with Crippen molar-refractivity contribution in [1.82, 2.24) is 10.2 Å². The zero-order valence-electron chi connectivity index (χ0n) is 13.0. The molecule has 0 spiro atoms. The van der Waals surface area contributed by atoms with E-state index in [0.29, 0.717) is 18.9 Å². The predicted molar refractivity (Wildman–Crippen MR) is 85.7 cm³/mol. The summed E-state index contributed by atoms with van der Waals surface area (Å²) in [7, 11) is 0. The highest BCUT2D eigenvalue weighted by atomic mass is 16.2. The minimum absolute atomic E-state index is 0.0281. The molecule has 2 fully saturated rings. The summed E-state index contributed by atoms with van der Waals surface area (Å²) in [5, 5.41) is 3.02. The van der Waals surface area contributed by atoms with Crippen LogP contribution in [0.1, 0.15) is 26.2 Å². The first-order valence-electron chi connectivity index (χ1n) is 8.04.